The Morgan fingerprint density at radius 3 is 3.00 bits per heavy atom. The number of allylic oxidation sites excluding steroid dienone is 1. The summed E-state index contributed by atoms with van der Waals surface area (Å²) in [5.74, 6) is 0.498. The van der Waals surface area contributed by atoms with Gasteiger partial charge in [-0.1, -0.05) is 18.2 Å². The van der Waals surface area contributed by atoms with E-state index in [2.05, 4.69) is 5.32 Å². The quantitative estimate of drug-likeness (QED) is 0.856. The lowest BCUT2D eigenvalue weighted by molar-refractivity contribution is -0.125. The maximum atomic E-state index is 12.2. The molecule has 4 nitrogen and oxygen atoms in total. The van der Waals surface area contributed by atoms with Crippen molar-refractivity contribution in [1.29, 1.82) is 0 Å². The summed E-state index contributed by atoms with van der Waals surface area (Å²) in [4.78, 5) is 23.6. The Morgan fingerprint density at radius 1 is 1.40 bits per heavy atom. The van der Waals surface area contributed by atoms with Crippen LogP contribution in [0.1, 0.15) is 24.8 Å². The van der Waals surface area contributed by atoms with Gasteiger partial charge in [0.05, 0.1) is 7.11 Å². The summed E-state index contributed by atoms with van der Waals surface area (Å²) >= 11 is 0. The molecule has 2 rings (SSSR count). The van der Waals surface area contributed by atoms with Crippen LogP contribution in [0.5, 0.6) is 5.75 Å². The molecule has 0 spiro atoms. The van der Waals surface area contributed by atoms with Gasteiger partial charge in [-0.2, -0.15) is 0 Å². The fraction of sp³-hybridized carbons (Fsp3) is 0.375. The van der Waals surface area contributed by atoms with Crippen LogP contribution in [0.2, 0.25) is 0 Å². The van der Waals surface area contributed by atoms with Gasteiger partial charge in [0.25, 0.3) is 0 Å². The highest BCUT2D eigenvalue weighted by molar-refractivity contribution is 5.98. The van der Waals surface area contributed by atoms with E-state index in [4.69, 9.17) is 4.74 Å². The smallest absolute Gasteiger partial charge is 0.220 e. The minimum atomic E-state index is -0.205. The third-order valence-corrected chi connectivity index (χ3v) is 3.45. The number of nitrogens with one attached hydrogen (secondary N) is 1. The van der Waals surface area contributed by atoms with Gasteiger partial charge in [0.15, 0.2) is 5.78 Å². The standard InChI is InChI=1S/C16H19NO3/c1-20-15-7-3-2-5-12(15)8-9-14(18)13-6-4-10-17-16(19)11-13/h2-3,5,7-9,13H,4,6,10-11H2,1H3,(H,17,19). The molecule has 20 heavy (non-hydrogen) atoms. The normalized spacial score (nSPS) is 19.4. The molecule has 1 aromatic rings. The van der Waals surface area contributed by atoms with Gasteiger partial charge < -0.3 is 10.1 Å². The first-order valence-corrected chi connectivity index (χ1v) is 6.82. The minimum Gasteiger partial charge on any atom is -0.496 e. The second-order valence-electron chi connectivity index (χ2n) is 4.87. The number of benzene rings is 1. The highest BCUT2D eigenvalue weighted by Crippen LogP contribution is 2.20. The Bertz CT molecular complexity index is 522. The molecule has 1 aliphatic heterocycles. The molecule has 0 bridgehead atoms. The lowest BCUT2D eigenvalue weighted by atomic mass is 9.95. The first-order chi connectivity index (χ1) is 9.70. The van der Waals surface area contributed by atoms with E-state index in [0.29, 0.717) is 6.54 Å². The molecule has 4 heteroatoms. The van der Waals surface area contributed by atoms with Crippen LogP contribution in [0.25, 0.3) is 6.08 Å². The van der Waals surface area contributed by atoms with Crippen LogP contribution < -0.4 is 10.1 Å². The lowest BCUT2D eigenvalue weighted by Gasteiger charge is -2.08. The number of rotatable bonds is 4. The zero-order chi connectivity index (χ0) is 14.4. The predicted octanol–water partition coefficient (Wildman–Crippen LogP) is 2.19. The maximum absolute atomic E-state index is 12.2. The number of ether oxygens (including phenoxy) is 1. The zero-order valence-electron chi connectivity index (χ0n) is 11.6. The number of para-hydroxylation sites is 1. The molecule has 0 saturated carbocycles. The Morgan fingerprint density at radius 2 is 2.20 bits per heavy atom. The summed E-state index contributed by atoms with van der Waals surface area (Å²) in [6.07, 6.45) is 5.21. The molecule has 1 aliphatic rings. The van der Waals surface area contributed by atoms with E-state index < -0.39 is 0 Å². The van der Waals surface area contributed by atoms with E-state index in [1.54, 1.807) is 19.3 Å². The van der Waals surface area contributed by atoms with Crippen LogP contribution in [-0.2, 0) is 9.59 Å². The van der Waals surface area contributed by atoms with Gasteiger partial charge >= 0.3 is 0 Å². The SMILES string of the molecule is COc1ccccc1C=CC(=O)C1CCCNC(=O)C1. The molecule has 0 aliphatic carbocycles. The number of hydrogen-bond acceptors (Lipinski definition) is 3. The molecule has 1 fully saturated rings. The summed E-state index contributed by atoms with van der Waals surface area (Å²) in [6.45, 7) is 0.666. The van der Waals surface area contributed by atoms with Gasteiger partial charge in [-0.25, -0.2) is 0 Å². The number of ketones is 1. The van der Waals surface area contributed by atoms with Gasteiger partial charge in [-0.15, -0.1) is 0 Å². The number of hydrogen-bond donors (Lipinski definition) is 1. The van der Waals surface area contributed by atoms with Crippen molar-refractivity contribution in [3.8, 4) is 5.75 Å². The summed E-state index contributed by atoms with van der Waals surface area (Å²) in [6, 6.07) is 7.52. The number of methoxy groups -OCH3 is 1. The van der Waals surface area contributed by atoms with Crippen molar-refractivity contribution in [2.24, 2.45) is 5.92 Å². The molecule has 106 valence electrons. The van der Waals surface area contributed by atoms with E-state index in [9.17, 15) is 9.59 Å². The molecule has 0 aromatic heterocycles. The van der Waals surface area contributed by atoms with Crippen molar-refractivity contribution in [3.05, 3.63) is 35.9 Å². The van der Waals surface area contributed by atoms with E-state index >= 15 is 0 Å². The molecule has 0 radical (unpaired) electrons. The third kappa shape index (κ3) is 3.70. The first-order valence-electron chi connectivity index (χ1n) is 6.82. The summed E-state index contributed by atoms with van der Waals surface area (Å²) < 4.78 is 5.23. The molecule has 1 unspecified atom stereocenters. The molecule has 1 saturated heterocycles. The van der Waals surface area contributed by atoms with Gasteiger partial charge in [0.2, 0.25) is 5.91 Å². The average molecular weight is 273 g/mol. The van der Waals surface area contributed by atoms with Crippen LogP contribution in [0.3, 0.4) is 0 Å². The third-order valence-electron chi connectivity index (χ3n) is 3.45. The Hall–Kier alpha value is -2.10. The van der Waals surface area contributed by atoms with Crippen molar-refractivity contribution >= 4 is 17.8 Å². The van der Waals surface area contributed by atoms with Gasteiger partial charge in [0, 0.05) is 24.4 Å². The topological polar surface area (TPSA) is 55.4 Å². The number of carbonyl (C=O) groups is 2. The molecule has 1 atom stereocenters. The van der Waals surface area contributed by atoms with Crippen molar-refractivity contribution in [2.45, 2.75) is 19.3 Å². The second-order valence-corrected chi connectivity index (χ2v) is 4.87. The molecule has 1 amide bonds. The molecular weight excluding hydrogens is 254 g/mol. The molecular formula is C16H19NO3. The largest absolute Gasteiger partial charge is 0.496 e. The number of amides is 1. The summed E-state index contributed by atoms with van der Waals surface area (Å²) in [5, 5.41) is 2.79. The van der Waals surface area contributed by atoms with Crippen molar-refractivity contribution in [2.75, 3.05) is 13.7 Å². The summed E-state index contributed by atoms with van der Waals surface area (Å²) in [7, 11) is 1.60. The van der Waals surface area contributed by atoms with E-state index in [1.807, 2.05) is 24.3 Å². The van der Waals surface area contributed by atoms with Crippen LogP contribution >= 0.6 is 0 Å². The van der Waals surface area contributed by atoms with Crippen LogP contribution in [0.4, 0.5) is 0 Å². The van der Waals surface area contributed by atoms with Crippen molar-refractivity contribution in [3.63, 3.8) is 0 Å². The lowest BCUT2D eigenvalue weighted by Crippen LogP contribution is -2.24. The molecule has 1 aromatic carbocycles. The zero-order valence-corrected chi connectivity index (χ0v) is 11.6. The van der Waals surface area contributed by atoms with Gasteiger partial charge in [-0.05, 0) is 31.1 Å². The average Bonchev–Trinajstić information content (AvgIpc) is 2.69. The highest BCUT2D eigenvalue weighted by atomic mass is 16.5. The van der Waals surface area contributed by atoms with Crippen LogP contribution in [0, 0.1) is 5.92 Å². The van der Waals surface area contributed by atoms with E-state index in [1.165, 1.54) is 0 Å². The maximum Gasteiger partial charge on any atom is 0.220 e. The van der Waals surface area contributed by atoms with E-state index in [-0.39, 0.29) is 24.0 Å². The minimum absolute atomic E-state index is 0.00737. The van der Waals surface area contributed by atoms with Crippen molar-refractivity contribution in [1.82, 2.24) is 5.32 Å². The predicted molar refractivity (Wildman–Crippen MR) is 77.4 cm³/mol. The van der Waals surface area contributed by atoms with Crippen LogP contribution in [-0.4, -0.2) is 25.3 Å². The Kier molecular flexibility index (Phi) is 4.93. The Labute approximate surface area is 118 Å². The second kappa shape index (κ2) is 6.89. The van der Waals surface area contributed by atoms with E-state index in [0.717, 1.165) is 24.2 Å². The Balaban J connectivity index is 2.06. The summed E-state index contributed by atoms with van der Waals surface area (Å²) in [5.41, 5.74) is 0.862. The van der Waals surface area contributed by atoms with Gasteiger partial charge in [-0.3, -0.25) is 9.59 Å². The van der Waals surface area contributed by atoms with Gasteiger partial charge in [0.1, 0.15) is 5.75 Å². The molecule has 1 heterocycles. The molecule has 1 N–H and O–H groups in total. The number of carbonyl (C=O) groups excluding carboxylic acids is 2. The first kappa shape index (κ1) is 14.3. The highest BCUT2D eigenvalue weighted by Gasteiger charge is 2.22. The fourth-order valence-corrected chi connectivity index (χ4v) is 2.33. The van der Waals surface area contributed by atoms with Crippen LogP contribution in [0.15, 0.2) is 30.3 Å². The monoisotopic (exact) mass is 273 g/mol. The van der Waals surface area contributed by atoms with Crippen molar-refractivity contribution < 1.29 is 14.3 Å². The fourth-order valence-electron chi connectivity index (χ4n) is 2.33.